The van der Waals surface area contributed by atoms with Gasteiger partial charge in [-0.25, -0.2) is 13.2 Å². The van der Waals surface area contributed by atoms with Gasteiger partial charge in [0.15, 0.2) is 16.4 Å². The summed E-state index contributed by atoms with van der Waals surface area (Å²) in [6.45, 7) is 1.60. The zero-order valence-corrected chi connectivity index (χ0v) is 18.5. The molecule has 1 N–H and O–H groups in total. The van der Waals surface area contributed by atoms with Gasteiger partial charge in [0.1, 0.15) is 5.75 Å². The molecule has 0 aromatic heterocycles. The number of esters is 1. The normalized spacial score (nSPS) is 10.9. The van der Waals surface area contributed by atoms with Gasteiger partial charge in [-0.15, -0.1) is 0 Å². The summed E-state index contributed by atoms with van der Waals surface area (Å²) in [5.41, 5.74) is 2.34. The van der Waals surface area contributed by atoms with Gasteiger partial charge in [-0.05, 0) is 60.5 Å². The van der Waals surface area contributed by atoms with Crippen LogP contribution in [0.25, 0.3) is 0 Å². The van der Waals surface area contributed by atoms with E-state index in [0.717, 1.165) is 5.56 Å². The average molecular weight is 454 g/mol. The molecule has 0 aliphatic rings. The molecule has 0 saturated heterocycles. The summed E-state index contributed by atoms with van der Waals surface area (Å²) >= 11 is 0. The molecule has 0 unspecified atom stereocenters. The van der Waals surface area contributed by atoms with E-state index in [9.17, 15) is 18.0 Å². The Balaban J connectivity index is 1.64. The van der Waals surface area contributed by atoms with E-state index in [1.165, 1.54) is 7.11 Å². The molecule has 0 aliphatic carbocycles. The van der Waals surface area contributed by atoms with Crippen LogP contribution < -0.4 is 10.1 Å². The fourth-order valence-corrected chi connectivity index (χ4v) is 4.31. The van der Waals surface area contributed by atoms with Crippen molar-refractivity contribution in [1.29, 1.82) is 0 Å². The number of hydrogen-bond acceptors (Lipinski definition) is 6. The molecule has 8 heteroatoms. The highest BCUT2D eigenvalue weighted by Gasteiger charge is 2.15. The summed E-state index contributed by atoms with van der Waals surface area (Å²) < 4.78 is 34.9. The Hall–Kier alpha value is -3.65. The Morgan fingerprint density at radius 3 is 2.25 bits per heavy atom. The number of benzene rings is 3. The molecule has 1 amide bonds. The van der Waals surface area contributed by atoms with Gasteiger partial charge in [0.25, 0.3) is 5.91 Å². The molecule has 32 heavy (non-hydrogen) atoms. The third kappa shape index (κ3) is 5.95. The Bertz CT molecular complexity index is 1200. The van der Waals surface area contributed by atoms with E-state index >= 15 is 0 Å². The molecule has 0 bridgehead atoms. The van der Waals surface area contributed by atoms with Crippen LogP contribution in [0.2, 0.25) is 0 Å². The lowest BCUT2D eigenvalue weighted by Crippen LogP contribution is -2.14. The summed E-state index contributed by atoms with van der Waals surface area (Å²) in [5.74, 6) is -0.478. The van der Waals surface area contributed by atoms with Crippen molar-refractivity contribution in [2.75, 3.05) is 19.0 Å². The Morgan fingerprint density at radius 2 is 1.62 bits per heavy atom. The van der Waals surface area contributed by atoms with Gasteiger partial charge in [0, 0.05) is 11.3 Å². The second-order valence-corrected chi connectivity index (χ2v) is 9.05. The lowest BCUT2D eigenvalue weighted by molar-refractivity contribution is -0.142. The van der Waals surface area contributed by atoms with Crippen LogP contribution in [0.3, 0.4) is 0 Å². The monoisotopic (exact) mass is 453 g/mol. The highest BCUT2D eigenvalue weighted by atomic mass is 32.2. The van der Waals surface area contributed by atoms with Crippen LogP contribution in [-0.2, 0) is 25.1 Å². The molecule has 3 aromatic rings. The minimum atomic E-state index is -3.46. The lowest BCUT2D eigenvalue weighted by Gasteiger charge is -2.11. The fraction of sp³-hybridized carbons (Fsp3) is 0.167. The number of amides is 1. The molecule has 7 nitrogen and oxygen atoms in total. The topological polar surface area (TPSA) is 98.8 Å². The van der Waals surface area contributed by atoms with E-state index in [0.29, 0.717) is 22.6 Å². The minimum absolute atomic E-state index is 0.148. The van der Waals surface area contributed by atoms with Crippen molar-refractivity contribution in [3.63, 3.8) is 0 Å². The predicted molar refractivity (Wildman–Crippen MR) is 120 cm³/mol. The van der Waals surface area contributed by atoms with Crippen molar-refractivity contribution in [2.45, 2.75) is 17.6 Å². The number of nitrogens with one attached hydrogen (secondary N) is 1. The molecule has 0 fully saturated rings. The minimum Gasteiger partial charge on any atom is -0.482 e. The number of anilines is 1. The van der Waals surface area contributed by atoms with Gasteiger partial charge >= 0.3 is 5.97 Å². The summed E-state index contributed by atoms with van der Waals surface area (Å²) in [6.07, 6.45) is 0. The van der Waals surface area contributed by atoms with Crippen molar-refractivity contribution >= 4 is 27.4 Å². The predicted octanol–water partition coefficient (Wildman–Crippen LogP) is 3.77. The molecule has 0 spiro atoms. The smallest absolute Gasteiger partial charge is 0.343 e. The molecule has 0 saturated carbocycles. The van der Waals surface area contributed by atoms with Crippen LogP contribution >= 0.6 is 0 Å². The summed E-state index contributed by atoms with van der Waals surface area (Å²) in [6, 6.07) is 19.7. The molecular weight excluding hydrogens is 430 g/mol. The van der Waals surface area contributed by atoms with Gasteiger partial charge in [0.2, 0.25) is 0 Å². The van der Waals surface area contributed by atoms with Crippen LogP contribution in [0, 0.1) is 6.92 Å². The molecule has 3 rings (SSSR count). The second-order valence-electron chi connectivity index (χ2n) is 7.06. The van der Waals surface area contributed by atoms with Gasteiger partial charge in [0.05, 0.1) is 17.8 Å². The highest BCUT2D eigenvalue weighted by Crippen LogP contribution is 2.22. The van der Waals surface area contributed by atoms with Crippen molar-refractivity contribution in [3.05, 3.63) is 89.5 Å². The largest absolute Gasteiger partial charge is 0.482 e. The van der Waals surface area contributed by atoms with Crippen LogP contribution in [0.15, 0.2) is 77.7 Å². The number of sulfone groups is 1. The number of rotatable bonds is 8. The maximum atomic E-state index is 12.6. The summed E-state index contributed by atoms with van der Waals surface area (Å²) in [5, 5.41) is 2.82. The van der Waals surface area contributed by atoms with Gasteiger partial charge in [-0.2, -0.15) is 0 Å². The maximum absolute atomic E-state index is 12.6. The number of hydrogen-bond donors (Lipinski definition) is 1. The Labute approximate surface area is 186 Å². The lowest BCUT2D eigenvalue weighted by atomic mass is 10.1. The first-order chi connectivity index (χ1) is 15.3. The number of carbonyl (C=O) groups is 2. The average Bonchev–Trinajstić information content (AvgIpc) is 2.79. The fourth-order valence-electron chi connectivity index (χ4n) is 2.94. The van der Waals surface area contributed by atoms with Crippen molar-refractivity contribution in [3.8, 4) is 5.75 Å². The molecule has 0 atom stereocenters. The first-order valence-corrected chi connectivity index (χ1v) is 11.4. The summed E-state index contributed by atoms with van der Waals surface area (Å²) in [4.78, 5) is 24.0. The number of carbonyl (C=O) groups excluding carboxylic acids is 2. The van der Waals surface area contributed by atoms with E-state index in [1.54, 1.807) is 79.7 Å². The van der Waals surface area contributed by atoms with E-state index in [4.69, 9.17) is 4.74 Å². The van der Waals surface area contributed by atoms with Gasteiger partial charge in [-0.3, -0.25) is 4.79 Å². The van der Waals surface area contributed by atoms with Crippen molar-refractivity contribution in [2.24, 2.45) is 0 Å². The third-order valence-corrected chi connectivity index (χ3v) is 6.41. The van der Waals surface area contributed by atoms with E-state index in [-0.39, 0.29) is 23.2 Å². The molecular formula is C24H23NO6S. The van der Waals surface area contributed by atoms with Crippen LogP contribution in [0.1, 0.15) is 21.5 Å². The molecule has 0 aliphatic heterocycles. The number of methoxy groups -OCH3 is 1. The quantitative estimate of drug-likeness (QED) is 0.521. The standard InChI is InChI=1S/C24H23NO6S/c1-17-14-20(31-15-23(26)30-2)12-13-22(17)25-24(27)19-10-8-18(9-11-19)16-32(28,29)21-6-4-3-5-7-21/h3-14H,15-16H2,1-2H3,(H,25,27). The van der Waals surface area contributed by atoms with Gasteiger partial charge < -0.3 is 14.8 Å². The molecule has 0 radical (unpaired) electrons. The first kappa shape index (κ1) is 23.0. The number of aryl methyl sites for hydroxylation is 1. The van der Waals surface area contributed by atoms with Crippen molar-refractivity contribution in [1.82, 2.24) is 0 Å². The van der Waals surface area contributed by atoms with E-state index < -0.39 is 15.8 Å². The maximum Gasteiger partial charge on any atom is 0.343 e. The first-order valence-electron chi connectivity index (χ1n) is 9.77. The molecule has 3 aromatic carbocycles. The Morgan fingerprint density at radius 1 is 0.938 bits per heavy atom. The summed E-state index contributed by atoms with van der Waals surface area (Å²) in [7, 11) is -2.18. The van der Waals surface area contributed by atoms with Crippen LogP contribution in [-0.4, -0.2) is 34.0 Å². The zero-order valence-electron chi connectivity index (χ0n) is 17.7. The zero-order chi connectivity index (χ0) is 23.1. The van der Waals surface area contributed by atoms with E-state index in [1.807, 2.05) is 0 Å². The van der Waals surface area contributed by atoms with Gasteiger partial charge in [-0.1, -0.05) is 30.3 Å². The van der Waals surface area contributed by atoms with Crippen LogP contribution in [0.4, 0.5) is 5.69 Å². The second kappa shape index (κ2) is 10.1. The highest BCUT2D eigenvalue weighted by molar-refractivity contribution is 7.90. The molecule has 166 valence electrons. The number of ether oxygens (including phenoxy) is 2. The Kier molecular flexibility index (Phi) is 7.27. The van der Waals surface area contributed by atoms with Crippen molar-refractivity contribution < 1.29 is 27.5 Å². The van der Waals surface area contributed by atoms with E-state index in [2.05, 4.69) is 10.1 Å². The third-order valence-electron chi connectivity index (χ3n) is 4.71. The SMILES string of the molecule is COC(=O)COc1ccc(NC(=O)c2ccc(CS(=O)(=O)c3ccccc3)cc2)c(C)c1. The van der Waals surface area contributed by atoms with Crippen LogP contribution in [0.5, 0.6) is 5.75 Å². The molecule has 0 heterocycles.